The predicted octanol–water partition coefficient (Wildman–Crippen LogP) is 5.92. The highest BCUT2D eigenvalue weighted by atomic mass is 19.2. The molecule has 0 spiro atoms. The molecule has 2 nitrogen and oxygen atoms in total. The zero-order chi connectivity index (χ0) is 19.9. The van der Waals surface area contributed by atoms with Crippen molar-refractivity contribution in [3.05, 3.63) is 46.5 Å². The molecule has 3 rings (SSSR count). The van der Waals surface area contributed by atoms with E-state index >= 15 is 0 Å². The zero-order valence-corrected chi connectivity index (χ0v) is 15.5. The molecule has 2 aromatic rings. The smallest absolute Gasteiger partial charge is 0.201 e. The Balaban J connectivity index is 2.15. The van der Waals surface area contributed by atoms with E-state index in [0.717, 1.165) is 0 Å². The normalized spacial score (nSPS) is 16.4. The predicted molar refractivity (Wildman–Crippen MR) is 94.9 cm³/mol. The second-order valence-electron chi connectivity index (χ2n) is 7.50. The number of rotatable bonds is 4. The van der Waals surface area contributed by atoms with Crippen LogP contribution in [0.3, 0.4) is 0 Å². The van der Waals surface area contributed by atoms with Crippen molar-refractivity contribution in [2.45, 2.75) is 52.6 Å². The minimum atomic E-state index is -1.45. The van der Waals surface area contributed by atoms with Gasteiger partial charge in [0.25, 0.3) is 0 Å². The van der Waals surface area contributed by atoms with Crippen LogP contribution in [0, 0.1) is 29.2 Å². The number of fused-ring (bicyclic) bond motifs is 1. The molecule has 0 aromatic heterocycles. The molecule has 0 bridgehead atoms. The molecule has 0 aliphatic carbocycles. The summed E-state index contributed by atoms with van der Waals surface area (Å²) in [5, 5.41) is 9.90. The summed E-state index contributed by atoms with van der Waals surface area (Å²) in [6.07, 6.45) is 1.74. The van der Waals surface area contributed by atoms with Crippen molar-refractivity contribution < 1.29 is 27.4 Å². The van der Waals surface area contributed by atoms with Gasteiger partial charge in [-0.3, -0.25) is 0 Å². The van der Waals surface area contributed by atoms with E-state index in [1.54, 1.807) is 6.92 Å². The first-order chi connectivity index (χ1) is 12.7. The summed E-state index contributed by atoms with van der Waals surface area (Å²) in [6, 6.07) is 2.51. The summed E-state index contributed by atoms with van der Waals surface area (Å²) >= 11 is 0. The number of phenolic OH excluding ortho intramolecular Hbond substituents is 1. The van der Waals surface area contributed by atoms with Gasteiger partial charge in [0.1, 0.15) is 0 Å². The number of halogens is 4. The fourth-order valence-electron chi connectivity index (χ4n) is 3.29. The van der Waals surface area contributed by atoms with Crippen LogP contribution in [0.5, 0.6) is 11.5 Å². The van der Waals surface area contributed by atoms with Crippen LogP contribution in [-0.2, 0) is 12.8 Å². The molecule has 1 heterocycles. The summed E-state index contributed by atoms with van der Waals surface area (Å²) in [6.45, 7) is 5.67. The number of hydrogen-bond donors (Lipinski definition) is 1. The minimum absolute atomic E-state index is 0.167. The lowest BCUT2D eigenvalue weighted by Gasteiger charge is -2.25. The van der Waals surface area contributed by atoms with Crippen molar-refractivity contribution in [1.82, 2.24) is 0 Å². The number of aromatic hydroxyl groups is 1. The molecule has 0 radical (unpaired) electrons. The highest BCUT2D eigenvalue weighted by Gasteiger charge is 2.28. The quantitative estimate of drug-likeness (QED) is 0.666. The number of hydrogen-bond acceptors (Lipinski definition) is 2. The Morgan fingerprint density at radius 3 is 2.33 bits per heavy atom. The molecule has 0 saturated carbocycles. The van der Waals surface area contributed by atoms with Crippen molar-refractivity contribution >= 4 is 0 Å². The molecule has 1 aliphatic rings. The summed E-state index contributed by atoms with van der Waals surface area (Å²) in [5.74, 6) is -6.02. The number of aryl methyl sites for hydroxylation is 2. The van der Waals surface area contributed by atoms with Gasteiger partial charge in [0.2, 0.25) is 11.6 Å². The lowest BCUT2D eigenvalue weighted by Crippen LogP contribution is -2.20. The summed E-state index contributed by atoms with van der Waals surface area (Å²) in [7, 11) is 0. The van der Waals surface area contributed by atoms with Gasteiger partial charge >= 0.3 is 0 Å². The third-order valence-electron chi connectivity index (χ3n) is 4.92. The van der Waals surface area contributed by atoms with E-state index in [1.165, 1.54) is 12.1 Å². The maximum Gasteiger partial charge on any atom is 0.201 e. The van der Waals surface area contributed by atoms with Crippen molar-refractivity contribution in [3.8, 4) is 22.6 Å². The van der Waals surface area contributed by atoms with Gasteiger partial charge in [0.05, 0.1) is 6.10 Å². The van der Waals surface area contributed by atoms with Crippen LogP contribution >= 0.6 is 0 Å². The van der Waals surface area contributed by atoms with E-state index in [-0.39, 0.29) is 28.9 Å². The van der Waals surface area contributed by atoms with Crippen molar-refractivity contribution in [3.63, 3.8) is 0 Å². The molecule has 1 unspecified atom stereocenters. The summed E-state index contributed by atoms with van der Waals surface area (Å²) in [4.78, 5) is 0. The zero-order valence-electron chi connectivity index (χ0n) is 15.5. The van der Waals surface area contributed by atoms with Crippen LogP contribution in [0.4, 0.5) is 17.6 Å². The third-order valence-corrected chi connectivity index (χ3v) is 4.92. The molecule has 27 heavy (non-hydrogen) atoms. The molecular weight excluding hydrogens is 360 g/mol. The molecule has 1 aliphatic heterocycles. The van der Waals surface area contributed by atoms with Crippen LogP contribution in [0.2, 0.25) is 0 Å². The Kier molecular flexibility index (Phi) is 5.36. The van der Waals surface area contributed by atoms with Gasteiger partial charge < -0.3 is 9.84 Å². The SMILES string of the molecule is CC(C)CCc1cc(-c2cc3c(c(F)c2F)OC(C)CC3)c(F)c(F)c1O. The monoisotopic (exact) mass is 382 g/mol. The minimum Gasteiger partial charge on any atom is -0.505 e. The van der Waals surface area contributed by atoms with Crippen LogP contribution < -0.4 is 4.74 Å². The highest BCUT2D eigenvalue weighted by Crippen LogP contribution is 2.40. The molecule has 2 aromatic carbocycles. The Bertz CT molecular complexity index is 877. The van der Waals surface area contributed by atoms with Crippen LogP contribution in [-0.4, -0.2) is 11.2 Å². The average molecular weight is 382 g/mol. The van der Waals surface area contributed by atoms with Gasteiger partial charge in [-0.2, -0.15) is 8.78 Å². The van der Waals surface area contributed by atoms with Crippen LogP contribution in [0.25, 0.3) is 11.1 Å². The maximum atomic E-state index is 14.7. The first kappa shape index (κ1) is 19.5. The van der Waals surface area contributed by atoms with Crippen molar-refractivity contribution in [1.29, 1.82) is 0 Å². The second-order valence-corrected chi connectivity index (χ2v) is 7.50. The summed E-state index contributed by atoms with van der Waals surface area (Å²) < 4.78 is 63.2. The van der Waals surface area contributed by atoms with E-state index in [4.69, 9.17) is 4.74 Å². The van der Waals surface area contributed by atoms with Crippen LogP contribution in [0.1, 0.15) is 44.7 Å². The fourth-order valence-corrected chi connectivity index (χ4v) is 3.29. The maximum absolute atomic E-state index is 14.7. The molecular formula is C21H22F4O2. The Labute approximate surface area is 155 Å². The lowest BCUT2D eigenvalue weighted by molar-refractivity contribution is 0.180. The van der Waals surface area contributed by atoms with Gasteiger partial charge in [0.15, 0.2) is 23.1 Å². The van der Waals surface area contributed by atoms with Gasteiger partial charge in [-0.1, -0.05) is 13.8 Å². The molecule has 1 N–H and O–H groups in total. The van der Waals surface area contributed by atoms with Gasteiger partial charge in [0, 0.05) is 11.1 Å². The Morgan fingerprint density at radius 1 is 1.04 bits per heavy atom. The Hall–Kier alpha value is -2.24. The topological polar surface area (TPSA) is 29.5 Å². The Morgan fingerprint density at radius 2 is 1.67 bits per heavy atom. The molecule has 1 atom stereocenters. The van der Waals surface area contributed by atoms with E-state index in [2.05, 4.69) is 0 Å². The van der Waals surface area contributed by atoms with Gasteiger partial charge in [-0.25, -0.2) is 8.78 Å². The number of ether oxygens (including phenoxy) is 1. The summed E-state index contributed by atoms with van der Waals surface area (Å²) in [5.41, 5.74) is -0.188. The van der Waals surface area contributed by atoms with E-state index in [9.17, 15) is 22.7 Å². The van der Waals surface area contributed by atoms with E-state index in [1.807, 2.05) is 13.8 Å². The number of benzene rings is 2. The number of phenols is 1. The third kappa shape index (κ3) is 3.62. The second kappa shape index (κ2) is 7.41. The molecule has 0 amide bonds. The van der Waals surface area contributed by atoms with E-state index in [0.29, 0.717) is 31.2 Å². The standard InChI is InChI=1S/C21H22F4O2/c1-10(2)4-6-12-8-14(16(22)18(24)20(12)26)15-9-13-7-5-11(3)27-21(13)19(25)17(15)23/h8-11,26H,4-7H2,1-3H3. The highest BCUT2D eigenvalue weighted by molar-refractivity contribution is 5.70. The fraction of sp³-hybridized carbons (Fsp3) is 0.429. The molecule has 146 valence electrons. The van der Waals surface area contributed by atoms with Crippen molar-refractivity contribution in [2.24, 2.45) is 5.92 Å². The van der Waals surface area contributed by atoms with Crippen LogP contribution in [0.15, 0.2) is 12.1 Å². The van der Waals surface area contributed by atoms with E-state index < -0.39 is 34.6 Å². The largest absolute Gasteiger partial charge is 0.505 e. The van der Waals surface area contributed by atoms with Gasteiger partial charge in [-0.15, -0.1) is 0 Å². The molecule has 0 fully saturated rings. The first-order valence-corrected chi connectivity index (χ1v) is 9.08. The van der Waals surface area contributed by atoms with Crippen molar-refractivity contribution in [2.75, 3.05) is 0 Å². The first-order valence-electron chi connectivity index (χ1n) is 9.08. The van der Waals surface area contributed by atoms with Gasteiger partial charge in [-0.05, 0) is 61.8 Å². The molecule has 0 saturated heterocycles. The average Bonchev–Trinajstić information content (AvgIpc) is 2.63. The molecule has 6 heteroatoms. The lowest BCUT2D eigenvalue weighted by atomic mass is 9.93.